The van der Waals surface area contributed by atoms with Crippen molar-refractivity contribution < 1.29 is 14.6 Å². The highest BCUT2D eigenvalue weighted by atomic mass is 35.5. The van der Waals surface area contributed by atoms with Crippen LogP contribution in [0.5, 0.6) is 5.75 Å². The van der Waals surface area contributed by atoms with E-state index in [1.54, 1.807) is 30.5 Å². The van der Waals surface area contributed by atoms with E-state index in [2.05, 4.69) is 4.99 Å². The van der Waals surface area contributed by atoms with Crippen molar-refractivity contribution in [2.75, 3.05) is 7.11 Å². The lowest BCUT2D eigenvalue weighted by Crippen LogP contribution is -2.01. The van der Waals surface area contributed by atoms with Gasteiger partial charge in [-0.15, -0.1) is 0 Å². The number of aliphatic imine (C=N–C) groups is 1. The maximum atomic E-state index is 11.2. The van der Waals surface area contributed by atoms with Crippen molar-refractivity contribution in [1.29, 1.82) is 0 Å². The van der Waals surface area contributed by atoms with Crippen molar-refractivity contribution in [3.05, 3.63) is 58.1 Å². The van der Waals surface area contributed by atoms with Gasteiger partial charge >= 0.3 is 5.97 Å². The zero-order chi connectivity index (χ0) is 15.4. The quantitative estimate of drug-likeness (QED) is 0.865. The summed E-state index contributed by atoms with van der Waals surface area (Å²) in [7, 11) is 1.44. The van der Waals surface area contributed by atoms with Gasteiger partial charge in [-0.3, -0.25) is 4.99 Å². The van der Waals surface area contributed by atoms with Crippen molar-refractivity contribution in [3.63, 3.8) is 0 Å². The Morgan fingerprint density at radius 1 is 1.29 bits per heavy atom. The molecule has 0 saturated carbocycles. The van der Waals surface area contributed by atoms with Gasteiger partial charge < -0.3 is 9.84 Å². The van der Waals surface area contributed by atoms with Crippen molar-refractivity contribution in [2.45, 2.75) is 6.92 Å². The van der Waals surface area contributed by atoms with Crippen molar-refractivity contribution in [3.8, 4) is 5.75 Å². The van der Waals surface area contributed by atoms with E-state index < -0.39 is 5.97 Å². The minimum absolute atomic E-state index is 0.101. The van der Waals surface area contributed by atoms with Gasteiger partial charge in [0.1, 0.15) is 11.3 Å². The molecule has 0 aliphatic carbocycles. The van der Waals surface area contributed by atoms with Gasteiger partial charge in [-0.05, 0) is 48.4 Å². The highest BCUT2D eigenvalue weighted by Gasteiger charge is 2.10. The van der Waals surface area contributed by atoms with Crippen LogP contribution in [0.25, 0.3) is 0 Å². The molecule has 5 heteroatoms. The Hall–Kier alpha value is -2.33. The number of nitrogens with zero attached hydrogens (tertiary/aromatic N) is 1. The number of hydrogen-bond acceptors (Lipinski definition) is 3. The highest BCUT2D eigenvalue weighted by Crippen LogP contribution is 2.24. The van der Waals surface area contributed by atoms with Crippen LogP contribution in [0.3, 0.4) is 0 Å². The summed E-state index contributed by atoms with van der Waals surface area (Å²) in [4.78, 5) is 15.5. The van der Waals surface area contributed by atoms with Gasteiger partial charge in [0.15, 0.2) is 0 Å². The fraction of sp³-hybridized carbons (Fsp3) is 0.125. The van der Waals surface area contributed by atoms with Crippen LogP contribution in [-0.4, -0.2) is 24.4 Å². The van der Waals surface area contributed by atoms with Crippen LogP contribution in [0.4, 0.5) is 5.69 Å². The molecule has 0 bridgehead atoms. The van der Waals surface area contributed by atoms with E-state index in [1.165, 1.54) is 13.2 Å². The summed E-state index contributed by atoms with van der Waals surface area (Å²) in [5, 5.41) is 9.75. The number of ether oxygens (including phenoxy) is 1. The molecule has 2 rings (SSSR count). The second-order valence-corrected chi connectivity index (χ2v) is 4.89. The molecular weight excluding hydrogens is 290 g/mol. The Morgan fingerprint density at radius 2 is 2.05 bits per heavy atom. The lowest BCUT2D eigenvalue weighted by molar-refractivity contribution is 0.0693. The minimum atomic E-state index is -1.04. The van der Waals surface area contributed by atoms with Crippen molar-refractivity contribution in [2.24, 2.45) is 4.99 Å². The summed E-state index contributed by atoms with van der Waals surface area (Å²) in [6.45, 7) is 1.93. The van der Waals surface area contributed by atoms with E-state index in [0.29, 0.717) is 16.3 Å². The van der Waals surface area contributed by atoms with Crippen LogP contribution in [-0.2, 0) is 0 Å². The maximum absolute atomic E-state index is 11.2. The smallest absolute Gasteiger partial charge is 0.339 e. The Morgan fingerprint density at radius 3 is 2.71 bits per heavy atom. The standard InChI is InChI=1S/C16H14ClNO3/c1-10-3-5-12(17)8-14(10)18-9-11-4-6-15(21-2)13(7-11)16(19)20/h3-9H,1-2H3,(H,19,20). The van der Waals surface area contributed by atoms with Gasteiger partial charge in [0.25, 0.3) is 0 Å². The van der Waals surface area contributed by atoms with Gasteiger partial charge in [-0.25, -0.2) is 4.79 Å². The number of rotatable bonds is 4. The van der Waals surface area contributed by atoms with E-state index >= 15 is 0 Å². The van der Waals surface area contributed by atoms with Crippen LogP contribution >= 0.6 is 11.6 Å². The molecule has 2 aromatic rings. The van der Waals surface area contributed by atoms with E-state index in [9.17, 15) is 4.79 Å². The number of benzene rings is 2. The first kappa shape index (κ1) is 15.1. The number of aryl methyl sites for hydroxylation is 1. The summed E-state index contributed by atoms with van der Waals surface area (Å²) in [5.41, 5.74) is 2.51. The molecule has 2 aromatic carbocycles. The summed E-state index contributed by atoms with van der Waals surface area (Å²) >= 11 is 5.94. The van der Waals surface area contributed by atoms with E-state index in [4.69, 9.17) is 21.4 Å². The van der Waals surface area contributed by atoms with Gasteiger partial charge in [0, 0.05) is 11.2 Å². The van der Waals surface area contributed by atoms with Gasteiger partial charge in [0.2, 0.25) is 0 Å². The molecule has 21 heavy (non-hydrogen) atoms. The first-order chi connectivity index (χ1) is 10.0. The number of aromatic carboxylic acids is 1. The molecule has 0 heterocycles. The number of hydrogen-bond donors (Lipinski definition) is 1. The summed E-state index contributed by atoms with van der Waals surface area (Å²) in [6, 6.07) is 10.3. The fourth-order valence-corrected chi connectivity index (χ4v) is 2.01. The van der Waals surface area contributed by atoms with Crippen LogP contribution in [0.2, 0.25) is 5.02 Å². The third-order valence-corrected chi connectivity index (χ3v) is 3.21. The van der Waals surface area contributed by atoms with E-state index in [1.807, 2.05) is 13.0 Å². The van der Waals surface area contributed by atoms with E-state index in [0.717, 1.165) is 11.3 Å². The highest BCUT2D eigenvalue weighted by molar-refractivity contribution is 6.30. The molecule has 0 aliphatic heterocycles. The third-order valence-electron chi connectivity index (χ3n) is 2.98. The first-order valence-electron chi connectivity index (χ1n) is 6.23. The molecular formula is C16H14ClNO3. The molecule has 0 aliphatic rings. The molecule has 4 nitrogen and oxygen atoms in total. The molecule has 0 saturated heterocycles. The average Bonchev–Trinajstić information content (AvgIpc) is 2.47. The normalized spacial score (nSPS) is 10.8. The average molecular weight is 304 g/mol. The SMILES string of the molecule is COc1ccc(C=Nc2cc(Cl)ccc2C)cc1C(=O)O. The maximum Gasteiger partial charge on any atom is 0.339 e. The lowest BCUT2D eigenvalue weighted by Gasteiger charge is -2.05. The molecule has 0 spiro atoms. The number of carboxylic acid groups (broad SMARTS) is 1. The molecule has 0 unspecified atom stereocenters. The zero-order valence-corrected chi connectivity index (χ0v) is 12.4. The van der Waals surface area contributed by atoms with Crippen molar-refractivity contribution in [1.82, 2.24) is 0 Å². The zero-order valence-electron chi connectivity index (χ0n) is 11.6. The molecule has 0 amide bonds. The van der Waals surface area contributed by atoms with Gasteiger partial charge in [-0.2, -0.15) is 0 Å². The predicted octanol–water partition coefficient (Wildman–Crippen LogP) is 4.11. The van der Waals surface area contributed by atoms with Gasteiger partial charge in [0.05, 0.1) is 12.8 Å². The molecule has 1 N–H and O–H groups in total. The molecule has 0 aromatic heterocycles. The second kappa shape index (κ2) is 6.41. The largest absolute Gasteiger partial charge is 0.496 e. The Labute approximate surface area is 127 Å². The third kappa shape index (κ3) is 3.61. The lowest BCUT2D eigenvalue weighted by atomic mass is 10.1. The molecule has 0 atom stereocenters. The Balaban J connectivity index is 2.35. The predicted molar refractivity (Wildman–Crippen MR) is 83.4 cm³/mol. The summed E-state index contributed by atoms with van der Waals surface area (Å²) in [5.74, 6) is -0.723. The van der Waals surface area contributed by atoms with Crippen LogP contribution in [0.15, 0.2) is 41.4 Å². The van der Waals surface area contributed by atoms with Crippen LogP contribution in [0.1, 0.15) is 21.5 Å². The topological polar surface area (TPSA) is 58.9 Å². The minimum Gasteiger partial charge on any atom is -0.496 e. The van der Waals surface area contributed by atoms with Crippen LogP contribution in [0, 0.1) is 6.92 Å². The summed E-state index contributed by atoms with van der Waals surface area (Å²) < 4.78 is 5.02. The molecule has 0 fully saturated rings. The second-order valence-electron chi connectivity index (χ2n) is 4.45. The van der Waals surface area contributed by atoms with E-state index in [-0.39, 0.29) is 5.56 Å². The Kier molecular flexibility index (Phi) is 4.60. The number of halogens is 1. The molecule has 108 valence electrons. The van der Waals surface area contributed by atoms with Crippen LogP contribution < -0.4 is 4.74 Å². The monoisotopic (exact) mass is 303 g/mol. The summed E-state index contributed by atoms with van der Waals surface area (Å²) in [6.07, 6.45) is 1.60. The Bertz CT molecular complexity index is 711. The van der Waals surface area contributed by atoms with Crippen molar-refractivity contribution >= 4 is 29.5 Å². The number of methoxy groups -OCH3 is 1. The molecule has 0 radical (unpaired) electrons. The fourth-order valence-electron chi connectivity index (χ4n) is 1.84. The first-order valence-corrected chi connectivity index (χ1v) is 6.60. The van der Waals surface area contributed by atoms with Gasteiger partial charge in [-0.1, -0.05) is 17.7 Å². The number of carboxylic acids is 1. The number of carbonyl (C=O) groups is 1.